The molecule has 0 aliphatic heterocycles. The van der Waals surface area contributed by atoms with E-state index >= 15 is 0 Å². The third kappa shape index (κ3) is 2.39. The summed E-state index contributed by atoms with van der Waals surface area (Å²) in [4.78, 5) is 11.3. The van der Waals surface area contributed by atoms with E-state index in [2.05, 4.69) is 38.1 Å². The minimum absolute atomic E-state index is 0.286. The van der Waals surface area contributed by atoms with Crippen LogP contribution in [-0.4, -0.2) is 31.3 Å². The fourth-order valence-corrected chi connectivity index (χ4v) is 2.55. The molecule has 0 atom stereocenters. The van der Waals surface area contributed by atoms with Gasteiger partial charge in [-0.3, -0.25) is 4.79 Å². The molecule has 1 aliphatic carbocycles. The average molecular weight is 405 g/mol. The first-order valence-corrected chi connectivity index (χ1v) is 7.42. The van der Waals surface area contributed by atoms with Crippen LogP contribution in [0.25, 0.3) is 11.4 Å². The highest BCUT2D eigenvalue weighted by Gasteiger charge is 2.51. The second kappa shape index (κ2) is 4.96. The van der Waals surface area contributed by atoms with Crippen molar-refractivity contribution < 1.29 is 9.90 Å². The molecule has 1 heterocycles. The molecular formula is C12H10ClIN4O2. The van der Waals surface area contributed by atoms with Gasteiger partial charge in [-0.1, -0.05) is 11.6 Å². The first-order valence-electron chi connectivity index (χ1n) is 5.97. The Hall–Kier alpha value is -1.22. The van der Waals surface area contributed by atoms with Gasteiger partial charge >= 0.3 is 5.97 Å². The van der Waals surface area contributed by atoms with Crippen molar-refractivity contribution in [1.82, 2.24) is 20.2 Å². The van der Waals surface area contributed by atoms with Crippen LogP contribution in [0.1, 0.15) is 12.8 Å². The van der Waals surface area contributed by atoms with Crippen LogP contribution < -0.4 is 0 Å². The molecular weight excluding hydrogens is 395 g/mol. The van der Waals surface area contributed by atoms with E-state index < -0.39 is 11.4 Å². The molecule has 0 spiro atoms. The largest absolute Gasteiger partial charge is 0.481 e. The number of halogens is 2. The van der Waals surface area contributed by atoms with E-state index in [4.69, 9.17) is 11.6 Å². The molecule has 1 fully saturated rings. The molecule has 3 rings (SSSR count). The summed E-state index contributed by atoms with van der Waals surface area (Å²) in [7, 11) is 0. The summed E-state index contributed by atoms with van der Waals surface area (Å²) in [6.45, 7) is 0.286. The van der Waals surface area contributed by atoms with Crippen LogP contribution in [0.5, 0.6) is 0 Å². The van der Waals surface area contributed by atoms with Crippen LogP contribution in [0.4, 0.5) is 0 Å². The van der Waals surface area contributed by atoms with E-state index in [9.17, 15) is 9.90 Å². The highest BCUT2D eigenvalue weighted by Crippen LogP contribution is 2.47. The van der Waals surface area contributed by atoms with Gasteiger partial charge in [-0.15, -0.1) is 5.10 Å². The van der Waals surface area contributed by atoms with Crippen LogP contribution in [0, 0.1) is 8.99 Å². The number of carboxylic acids is 1. The zero-order valence-corrected chi connectivity index (χ0v) is 13.2. The van der Waals surface area contributed by atoms with E-state index in [1.807, 2.05) is 12.1 Å². The number of tetrazole rings is 1. The lowest BCUT2D eigenvalue weighted by atomic mass is 10.1. The predicted molar refractivity (Wildman–Crippen MR) is 80.3 cm³/mol. The molecule has 1 aromatic carbocycles. The zero-order valence-electron chi connectivity index (χ0n) is 10.3. The van der Waals surface area contributed by atoms with Gasteiger partial charge in [-0.2, -0.15) is 0 Å². The monoisotopic (exact) mass is 404 g/mol. The van der Waals surface area contributed by atoms with Gasteiger partial charge in [0.15, 0.2) is 5.82 Å². The maximum Gasteiger partial charge on any atom is 0.311 e. The normalized spacial score (nSPS) is 16.1. The van der Waals surface area contributed by atoms with Gasteiger partial charge in [0.05, 0.1) is 17.0 Å². The number of nitrogens with zero attached hydrogens (tertiary/aromatic N) is 4. The Bertz CT molecular complexity index is 684. The van der Waals surface area contributed by atoms with Gasteiger partial charge in [0, 0.05) is 9.13 Å². The Morgan fingerprint density at radius 2 is 2.25 bits per heavy atom. The number of carboxylic acid groups (broad SMARTS) is 1. The molecule has 0 bridgehead atoms. The Labute approximate surface area is 133 Å². The highest BCUT2D eigenvalue weighted by molar-refractivity contribution is 14.1. The third-order valence-electron chi connectivity index (χ3n) is 3.47. The van der Waals surface area contributed by atoms with E-state index in [1.54, 1.807) is 10.7 Å². The molecule has 1 aliphatic rings. The van der Waals surface area contributed by atoms with E-state index in [1.165, 1.54) is 0 Å². The van der Waals surface area contributed by atoms with Crippen molar-refractivity contribution in [1.29, 1.82) is 0 Å². The molecule has 0 radical (unpaired) electrons. The smallest absolute Gasteiger partial charge is 0.311 e. The van der Waals surface area contributed by atoms with Crippen LogP contribution in [-0.2, 0) is 11.3 Å². The Morgan fingerprint density at radius 1 is 1.50 bits per heavy atom. The Balaban J connectivity index is 1.94. The summed E-state index contributed by atoms with van der Waals surface area (Å²) in [5.41, 5.74) is 0.0681. The van der Waals surface area contributed by atoms with Gasteiger partial charge in [-0.05, 0) is 64.1 Å². The lowest BCUT2D eigenvalue weighted by Gasteiger charge is -2.11. The molecule has 104 valence electrons. The molecule has 8 heteroatoms. The fraction of sp³-hybridized carbons (Fsp3) is 0.333. The van der Waals surface area contributed by atoms with Crippen LogP contribution in [0.3, 0.4) is 0 Å². The molecule has 1 N–H and O–H groups in total. The number of hydrogen-bond acceptors (Lipinski definition) is 4. The predicted octanol–water partition coefficient (Wildman–Crippen LogP) is 2.46. The molecule has 1 aromatic heterocycles. The quantitative estimate of drug-likeness (QED) is 0.792. The summed E-state index contributed by atoms with van der Waals surface area (Å²) in [5, 5.41) is 21.4. The molecule has 2 aromatic rings. The van der Waals surface area contributed by atoms with Crippen LogP contribution >= 0.6 is 34.2 Å². The maximum absolute atomic E-state index is 11.3. The number of benzene rings is 1. The first-order chi connectivity index (χ1) is 9.52. The van der Waals surface area contributed by atoms with Crippen LogP contribution in [0.15, 0.2) is 18.2 Å². The van der Waals surface area contributed by atoms with Gasteiger partial charge in [0.2, 0.25) is 0 Å². The van der Waals surface area contributed by atoms with E-state index in [0.717, 1.165) is 9.13 Å². The van der Waals surface area contributed by atoms with Gasteiger partial charge in [0.25, 0.3) is 0 Å². The number of rotatable bonds is 4. The van der Waals surface area contributed by atoms with E-state index in [-0.39, 0.29) is 6.54 Å². The molecule has 0 amide bonds. The van der Waals surface area contributed by atoms with Gasteiger partial charge in [-0.25, -0.2) is 4.68 Å². The molecule has 1 saturated carbocycles. The summed E-state index contributed by atoms with van der Waals surface area (Å²) in [6, 6.07) is 5.53. The maximum atomic E-state index is 11.3. The third-order valence-corrected chi connectivity index (χ3v) is 5.04. The Morgan fingerprint density at radius 3 is 2.85 bits per heavy atom. The number of carbonyl (C=O) groups is 1. The van der Waals surface area contributed by atoms with Crippen molar-refractivity contribution in [3.05, 3.63) is 26.8 Å². The summed E-state index contributed by atoms with van der Waals surface area (Å²) in [5.74, 6) is -0.254. The van der Waals surface area contributed by atoms with Crippen LogP contribution in [0.2, 0.25) is 5.02 Å². The van der Waals surface area contributed by atoms with E-state index in [0.29, 0.717) is 23.7 Å². The van der Waals surface area contributed by atoms with Crippen molar-refractivity contribution >= 4 is 40.2 Å². The van der Waals surface area contributed by atoms with Crippen molar-refractivity contribution in [3.8, 4) is 11.4 Å². The second-order valence-corrected chi connectivity index (χ2v) is 6.44. The standard InChI is InChI=1S/C12H10ClIN4O2/c13-8-5-7(1-2-9(8)14)10-15-16-17-18(10)6-12(3-4-12)11(19)20/h1-2,5H,3-4,6H2,(H,19,20). The number of hydrogen-bond donors (Lipinski definition) is 1. The average Bonchev–Trinajstić information content (AvgIpc) is 3.05. The lowest BCUT2D eigenvalue weighted by Crippen LogP contribution is -2.22. The molecule has 6 nitrogen and oxygen atoms in total. The summed E-state index contributed by atoms with van der Waals surface area (Å²) < 4.78 is 2.48. The summed E-state index contributed by atoms with van der Waals surface area (Å²) >= 11 is 8.24. The highest BCUT2D eigenvalue weighted by atomic mass is 127. The van der Waals surface area contributed by atoms with Gasteiger partial charge < -0.3 is 5.11 Å². The SMILES string of the molecule is O=C(O)C1(Cn2nnnc2-c2ccc(I)c(Cl)c2)CC1. The fourth-order valence-electron chi connectivity index (χ4n) is 2.03. The topological polar surface area (TPSA) is 80.9 Å². The van der Waals surface area contributed by atoms with Crippen molar-refractivity contribution in [3.63, 3.8) is 0 Å². The minimum atomic E-state index is -0.792. The first kappa shape index (κ1) is 13.7. The molecule has 20 heavy (non-hydrogen) atoms. The second-order valence-electron chi connectivity index (χ2n) is 4.87. The lowest BCUT2D eigenvalue weighted by molar-refractivity contribution is -0.144. The number of aromatic nitrogens is 4. The van der Waals surface area contributed by atoms with Crippen molar-refractivity contribution in [2.75, 3.05) is 0 Å². The Kier molecular flexibility index (Phi) is 3.41. The minimum Gasteiger partial charge on any atom is -0.481 e. The molecule has 0 saturated heterocycles. The van der Waals surface area contributed by atoms with Crippen molar-refractivity contribution in [2.24, 2.45) is 5.41 Å². The summed E-state index contributed by atoms with van der Waals surface area (Å²) in [6.07, 6.45) is 1.32. The van der Waals surface area contributed by atoms with Gasteiger partial charge in [0.1, 0.15) is 0 Å². The zero-order chi connectivity index (χ0) is 14.3. The molecule has 0 unspecified atom stereocenters. The number of aliphatic carboxylic acids is 1. The van der Waals surface area contributed by atoms with Crippen molar-refractivity contribution in [2.45, 2.75) is 19.4 Å².